The molecule has 0 radical (unpaired) electrons. The monoisotopic (exact) mass is 311 g/mol. The van der Waals surface area contributed by atoms with Gasteiger partial charge in [0, 0.05) is 22.3 Å². The second-order valence-electron chi connectivity index (χ2n) is 4.65. The number of sulfonamides is 1. The molecule has 2 aromatic carbocycles. The molecule has 0 saturated carbocycles. The number of nitrogens with two attached hydrogens (primary N) is 1. The number of primary sulfonamides is 1. The Labute approximate surface area is 121 Å². The van der Waals surface area contributed by atoms with E-state index in [0.29, 0.717) is 17.9 Å². The fourth-order valence-corrected chi connectivity index (χ4v) is 4.02. The molecule has 2 aromatic rings. The first-order chi connectivity index (χ1) is 9.46. The van der Waals surface area contributed by atoms with Crippen molar-refractivity contribution in [3.63, 3.8) is 0 Å². The first kappa shape index (κ1) is 15.2. The van der Waals surface area contributed by atoms with Crippen molar-refractivity contribution in [2.24, 2.45) is 5.14 Å². The second-order valence-corrected chi connectivity index (χ2v) is 7.96. The molecule has 6 heteroatoms. The van der Waals surface area contributed by atoms with Crippen LogP contribution in [0.2, 0.25) is 0 Å². The predicted molar refractivity (Wildman–Crippen MR) is 83.3 cm³/mol. The molecule has 2 rings (SSSR count). The predicted octanol–water partition coefficient (Wildman–Crippen LogP) is 1.77. The summed E-state index contributed by atoms with van der Waals surface area (Å²) in [7, 11) is -4.54. The Morgan fingerprint density at radius 2 is 1.75 bits per heavy atom. The second kappa shape index (κ2) is 6.47. The number of benzene rings is 2. The summed E-state index contributed by atoms with van der Waals surface area (Å²) in [4.78, 5) is 0. The van der Waals surface area contributed by atoms with E-state index in [1.807, 2.05) is 42.5 Å². The standard InChI is InChI=1S/C14H17NO3S2/c15-20(17,18)10-4-9-19(16)11-13-7-3-6-12-5-1-2-8-14(12)13/h1-3,5-8H,4,9-11H2,(H2,15,17,18)/t19-/m1/s1. The summed E-state index contributed by atoms with van der Waals surface area (Å²) in [6.07, 6.45) is 0.330. The Morgan fingerprint density at radius 3 is 2.50 bits per heavy atom. The van der Waals surface area contributed by atoms with Crippen LogP contribution in [0.3, 0.4) is 0 Å². The molecule has 0 spiro atoms. The summed E-state index contributed by atoms with van der Waals surface area (Å²) < 4.78 is 33.7. The summed E-state index contributed by atoms with van der Waals surface area (Å²) >= 11 is 0. The van der Waals surface area contributed by atoms with E-state index in [0.717, 1.165) is 16.3 Å². The third kappa shape index (κ3) is 4.40. The van der Waals surface area contributed by atoms with E-state index in [1.165, 1.54) is 0 Å². The van der Waals surface area contributed by atoms with Crippen molar-refractivity contribution >= 4 is 31.6 Å². The van der Waals surface area contributed by atoms with Gasteiger partial charge in [0.2, 0.25) is 10.0 Å². The summed E-state index contributed by atoms with van der Waals surface area (Å²) in [5.41, 5.74) is 1.03. The number of rotatable bonds is 6. The maximum absolute atomic E-state index is 12.0. The molecule has 0 aliphatic carbocycles. The van der Waals surface area contributed by atoms with E-state index in [2.05, 4.69) is 0 Å². The molecule has 0 fully saturated rings. The van der Waals surface area contributed by atoms with Crippen LogP contribution in [0.4, 0.5) is 0 Å². The van der Waals surface area contributed by atoms with Gasteiger partial charge in [-0.1, -0.05) is 42.5 Å². The Bertz CT molecular complexity index is 721. The average Bonchev–Trinajstić information content (AvgIpc) is 2.37. The Hall–Kier alpha value is -1.24. The van der Waals surface area contributed by atoms with Crippen molar-refractivity contribution in [1.82, 2.24) is 0 Å². The van der Waals surface area contributed by atoms with Crippen LogP contribution in [0.25, 0.3) is 10.8 Å². The molecule has 2 N–H and O–H groups in total. The third-order valence-corrected chi connectivity index (χ3v) is 5.23. The molecule has 0 amide bonds. The minimum Gasteiger partial charge on any atom is -0.259 e. The molecular weight excluding hydrogens is 294 g/mol. The summed E-state index contributed by atoms with van der Waals surface area (Å²) in [5.74, 6) is 0.667. The van der Waals surface area contributed by atoms with Crippen LogP contribution >= 0.6 is 0 Å². The van der Waals surface area contributed by atoms with Crippen molar-refractivity contribution in [1.29, 1.82) is 0 Å². The smallest absolute Gasteiger partial charge is 0.209 e. The van der Waals surface area contributed by atoms with E-state index in [-0.39, 0.29) is 5.75 Å². The number of hydrogen-bond acceptors (Lipinski definition) is 3. The molecule has 0 bridgehead atoms. The maximum atomic E-state index is 12.0. The highest BCUT2D eigenvalue weighted by Crippen LogP contribution is 2.19. The molecule has 0 saturated heterocycles. The Balaban J connectivity index is 2.03. The van der Waals surface area contributed by atoms with Gasteiger partial charge in [0.05, 0.1) is 5.75 Å². The highest BCUT2D eigenvalue weighted by molar-refractivity contribution is 7.89. The van der Waals surface area contributed by atoms with Crippen molar-refractivity contribution in [3.05, 3.63) is 48.0 Å². The molecule has 0 aliphatic rings. The molecule has 0 heterocycles. The lowest BCUT2D eigenvalue weighted by Gasteiger charge is -2.06. The van der Waals surface area contributed by atoms with Gasteiger partial charge in [-0.3, -0.25) is 4.21 Å². The highest BCUT2D eigenvalue weighted by atomic mass is 32.2. The van der Waals surface area contributed by atoms with E-state index >= 15 is 0 Å². The first-order valence-electron chi connectivity index (χ1n) is 6.28. The van der Waals surface area contributed by atoms with E-state index in [9.17, 15) is 12.6 Å². The van der Waals surface area contributed by atoms with E-state index < -0.39 is 20.8 Å². The largest absolute Gasteiger partial charge is 0.259 e. The van der Waals surface area contributed by atoms with Crippen LogP contribution in [0.5, 0.6) is 0 Å². The minimum absolute atomic E-state index is 0.117. The third-order valence-electron chi connectivity index (χ3n) is 3.00. The lowest BCUT2D eigenvalue weighted by atomic mass is 10.1. The molecule has 108 valence electrons. The van der Waals surface area contributed by atoms with E-state index in [4.69, 9.17) is 5.14 Å². The molecule has 0 unspecified atom stereocenters. The van der Waals surface area contributed by atoms with Gasteiger partial charge in [-0.25, -0.2) is 13.6 Å². The fourth-order valence-electron chi connectivity index (χ4n) is 2.09. The van der Waals surface area contributed by atoms with Gasteiger partial charge in [-0.15, -0.1) is 0 Å². The molecule has 0 aliphatic heterocycles. The Morgan fingerprint density at radius 1 is 1.05 bits per heavy atom. The van der Waals surface area contributed by atoms with Gasteiger partial charge in [-0.05, 0) is 22.8 Å². The summed E-state index contributed by atoms with van der Waals surface area (Å²) in [5, 5.41) is 7.13. The van der Waals surface area contributed by atoms with Gasteiger partial charge in [0.15, 0.2) is 0 Å². The van der Waals surface area contributed by atoms with Crippen LogP contribution in [0, 0.1) is 0 Å². The normalized spacial score (nSPS) is 13.4. The SMILES string of the molecule is NS(=O)(=O)CCC[S@@](=O)Cc1cccc2ccccc12. The minimum atomic E-state index is -3.46. The lowest BCUT2D eigenvalue weighted by Crippen LogP contribution is -2.18. The molecule has 1 atom stereocenters. The fraction of sp³-hybridized carbons (Fsp3) is 0.286. The Kier molecular flexibility index (Phi) is 4.91. The van der Waals surface area contributed by atoms with Crippen molar-refractivity contribution in [2.75, 3.05) is 11.5 Å². The average molecular weight is 311 g/mol. The van der Waals surface area contributed by atoms with Gasteiger partial charge in [0.25, 0.3) is 0 Å². The highest BCUT2D eigenvalue weighted by Gasteiger charge is 2.08. The van der Waals surface area contributed by atoms with Gasteiger partial charge in [0.1, 0.15) is 0 Å². The zero-order chi connectivity index (χ0) is 14.6. The van der Waals surface area contributed by atoms with Crippen LogP contribution in [0.1, 0.15) is 12.0 Å². The summed E-state index contributed by atoms with van der Waals surface area (Å²) in [6.45, 7) is 0. The zero-order valence-electron chi connectivity index (χ0n) is 11.0. The van der Waals surface area contributed by atoms with Crippen molar-refractivity contribution in [3.8, 4) is 0 Å². The topological polar surface area (TPSA) is 77.2 Å². The van der Waals surface area contributed by atoms with E-state index in [1.54, 1.807) is 0 Å². The van der Waals surface area contributed by atoms with Gasteiger partial charge >= 0.3 is 0 Å². The number of hydrogen-bond donors (Lipinski definition) is 1. The van der Waals surface area contributed by atoms with Crippen LogP contribution in [0.15, 0.2) is 42.5 Å². The first-order valence-corrected chi connectivity index (χ1v) is 9.48. The zero-order valence-corrected chi connectivity index (χ0v) is 12.6. The van der Waals surface area contributed by atoms with Crippen molar-refractivity contribution < 1.29 is 12.6 Å². The molecule has 0 aromatic heterocycles. The number of fused-ring (bicyclic) bond motifs is 1. The van der Waals surface area contributed by atoms with Crippen LogP contribution < -0.4 is 5.14 Å². The molecule has 20 heavy (non-hydrogen) atoms. The van der Waals surface area contributed by atoms with Crippen LogP contribution in [-0.2, 0) is 26.6 Å². The van der Waals surface area contributed by atoms with Gasteiger partial charge in [-0.2, -0.15) is 0 Å². The maximum Gasteiger partial charge on any atom is 0.209 e. The molecular formula is C14H17NO3S2. The quantitative estimate of drug-likeness (QED) is 0.883. The van der Waals surface area contributed by atoms with Crippen LogP contribution in [-0.4, -0.2) is 24.1 Å². The summed E-state index contributed by atoms with van der Waals surface area (Å²) in [6, 6.07) is 13.9. The van der Waals surface area contributed by atoms with Gasteiger partial charge < -0.3 is 0 Å². The van der Waals surface area contributed by atoms with Crippen molar-refractivity contribution in [2.45, 2.75) is 12.2 Å². The lowest BCUT2D eigenvalue weighted by molar-refractivity contribution is 0.596. The molecule has 4 nitrogen and oxygen atoms in total.